The molecule has 20 heavy (non-hydrogen) atoms. The molecule has 0 saturated heterocycles. The highest BCUT2D eigenvalue weighted by molar-refractivity contribution is 9.10. The number of hydrogen-bond donors (Lipinski definition) is 1. The average Bonchev–Trinajstić information content (AvgIpc) is 2.39. The fourth-order valence-electron chi connectivity index (χ4n) is 1.62. The first-order valence-corrected chi connectivity index (χ1v) is 6.56. The number of benzene rings is 2. The van der Waals surface area contributed by atoms with E-state index in [4.69, 9.17) is 0 Å². The predicted octanol–water partition coefficient (Wildman–Crippen LogP) is 4.80. The van der Waals surface area contributed by atoms with Crippen molar-refractivity contribution in [2.24, 2.45) is 0 Å². The summed E-state index contributed by atoms with van der Waals surface area (Å²) in [6, 6.07) is 10.9. The highest BCUT2D eigenvalue weighted by atomic mass is 79.9. The maximum atomic E-state index is 13.6. The van der Waals surface area contributed by atoms with E-state index < -0.39 is 6.61 Å². The Balaban J connectivity index is 1.96. The number of nitrogens with one attached hydrogen (secondary N) is 1. The number of anilines is 1. The zero-order valence-corrected chi connectivity index (χ0v) is 11.8. The molecule has 2 nitrogen and oxygen atoms in total. The smallest absolute Gasteiger partial charge is 0.387 e. The average molecular weight is 346 g/mol. The fourth-order valence-corrected chi connectivity index (χ4v) is 1.95. The summed E-state index contributed by atoms with van der Waals surface area (Å²) in [5.74, 6) is -0.268. The summed E-state index contributed by atoms with van der Waals surface area (Å²) in [5.41, 5.74) is 1.20. The van der Waals surface area contributed by atoms with E-state index in [2.05, 4.69) is 26.0 Å². The number of rotatable bonds is 5. The summed E-state index contributed by atoms with van der Waals surface area (Å²) in [5, 5.41) is 2.93. The van der Waals surface area contributed by atoms with Gasteiger partial charge in [-0.25, -0.2) is 4.39 Å². The zero-order valence-electron chi connectivity index (χ0n) is 10.2. The standard InChI is InChI=1S/C14H11BrF3NO/c15-10-3-6-13(12(16)7-10)19-8-9-1-4-11(5-2-9)20-14(17)18/h1-7,14,19H,8H2. The van der Waals surface area contributed by atoms with Crippen molar-refractivity contribution in [3.8, 4) is 5.75 Å². The molecule has 6 heteroatoms. The molecule has 0 spiro atoms. The first-order chi connectivity index (χ1) is 9.54. The van der Waals surface area contributed by atoms with Crippen molar-refractivity contribution in [2.45, 2.75) is 13.2 Å². The predicted molar refractivity (Wildman–Crippen MR) is 74.5 cm³/mol. The minimum atomic E-state index is -2.84. The van der Waals surface area contributed by atoms with Crippen LogP contribution in [0.2, 0.25) is 0 Å². The number of alkyl halides is 2. The van der Waals surface area contributed by atoms with E-state index >= 15 is 0 Å². The van der Waals surface area contributed by atoms with Crippen LogP contribution in [-0.4, -0.2) is 6.61 Å². The SMILES string of the molecule is Fc1cc(Br)ccc1NCc1ccc(OC(F)F)cc1. The molecule has 1 N–H and O–H groups in total. The van der Waals surface area contributed by atoms with Crippen molar-refractivity contribution in [1.29, 1.82) is 0 Å². The van der Waals surface area contributed by atoms with E-state index in [9.17, 15) is 13.2 Å². The van der Waals surface area contributed by atoms with Gasteiger partial charge in [0.1, 0.15) is 11.6 Å². The Bertz CT molecular complexity index is 575. The number of halogens is 4. The Morgan fingerprint density at radius 1 is 1.10 bits per heavy atom. The Labute approximate surface area is 122 Å². The number of ether oxygens (including phenoxy) is 1. The summed E-state index contributed by atoms with van der Waals surface area (Å²) in [6.07, 6.45) is 0. The highest BCUT2D eigenvalue weighted by Gasteiger charge is 2.05. The highest BCUT2D eigenvalue weighted by Crippen LogP contribution is 2.20. The molecule has 0 aliphatic heterocycles. The quantitative estimate of drug-likeness (QED) is 0.840. The van der Waals surface area contributed by atoms with E-state index in [1.807, 2.05) is 0 Å². The summed E-state index contributed by atoms with van der Waals surface area (Å²) < 4.78 is 42.4. The molecule has 0 aromatic heterocycles. The van der Waals surface area contributed by atoms with Gasteiger partial charge in [0.2, 0.25) is 0 Å². The minimum Gasteiger partial charge on any atom is -0.435 e. The molecule has 0 heterocycles. The molecule has 2 aromatic carbocycles. The second-order valence-corrected chi connectivity index (χ2v) is 4.92. The van der Waals surface area contributed by atoms with Crippen molar-refractivity contribution in [1.82, 2.24) is 0 Å². The van der Waals surface area contributed by atoms with E-state index in [0.717, 1.165) is 5.56 Å². The number of hydrogen-bond acceptors (Lipinski definition) is 2. The maximum Gasteiger partial charge on any atom is 0.387 e. The molecule has 0 bridgehead atoms. The zero-order chi connectivity index (χ0) is 14.5. The molecule has 2 rings (SSSR count). The third-order valence-electron chi connectivity index (χ3n) is 2.56. The molecular weight excluding hydrogens is 335 g/mol. The van der Waals surface area contributed by atoms with Crippen LogP contribution < -0.4 is 10.1 Å². The molecular formula is C14H11BrF3NO. The monoisotopic (exact) mass is 345 g/mol. The van der Waals surface area contributed by atoms with Crippen molar-refractivity contribution < 1.29 is 17.9 Å². The molecule has 0 unspecified atom stereocenters. The second-order valence-electron chi connectivity index (χ2n) is 4.00. The lowest BCUT2D eigenvalue weighted by atomic mass is 10.2. The first-order valence-electron chi connectivity index (χ1n) is 5.77. The molecule has 2 aromatic rings. The summed E-state index contributed by atoms with van der Waals surface area (Å²) in [4.78, 5) is 0. The maximum absolute atomic E-state index is 13.6. The van der Waals surface area contributed by atoms with Crippen LogP contribution in [0.4, 0.5) is 18.9 Å². The van der Waals surface area contributed by atoms with E-state index in [1.54, 1.807) is 24.3 Å². The second kappa shape index (κ2) is 6.65. The van der Waals surface area contributed by atoms with Crippen LogP contribution in [0.5, 0.6) is 5.75 Å². The first kappa shape index (κ1) is 14.7. The van der Waals surface area contributed by atoms with Crippen LogP contribution >= 0.6 is 15.9 Å². The van der Waals surface area contributed by atoms with Crippen molar-refractivity contribution in [3.05, 3.63) is 58.3 Å². The minimum absolute atomic E-state index is 0.0959. The topological polar surface area (TPSA) is 21.3 Å². The summed E-state index contributed by atoms with van der Waals surface area (Å²) in [6.45, 7) is -2.45. The Hall–Kier alpha value is -1.69. The van der Waals surface area contributed by atoms with Crippen LogP contribution in [0.25, 0.3) is 0 Å². The Morgan fingerprint density at radius 3 is 2.40 bits per heavy atom. The molecule has 0 radical (unpaired) electrons. The van der Waals surface area contributed by atoms with E-state index in [0.29, 0.717) is 16.7 Å². The lowest BCUT2D eigenvalue weighted by Crippen LogP contribution is -2.03. The fraction of sp³-hybridized carbons (Fsp3) is 0.143. The van der Waals surface area contributed by atoms with Gasteiger partial charge in [0.15, 0.2) is 0 Å². The van der Waals surface area contributed by atoms with Gasteiger partial charge in [0.05, 0.1) is 5.69 Å². The molecule has 106 valence electrons. The third kappa shape index (κ3) is 4.16. The lowest BCUT2D eigenvalue weighted by molar-refractivity contribution is -0.0498. The van der Waals surface area contributed by atoms with Crippen molar-refractivity contribution >= 4 is 21.6 Å². The van der Waals surface area contributed by atoms with Gasteiger partial charge in [0, 0.05) is 11.0 Å². The van der Waals surface area contributed by atoms with E-state index in [-0.39, 0.29) is 11.6 Å². The molecule has 0 amide bonds. The van der Waals surface area contributed by atoms with Crippen LogP contribution in [-0.2, 0) is 6.54 Å². The van der Waals surface area contributed by atoms with Crippen LogP contribution in [0.3, 0.4) is 0 Å². The van der Waals surface area contributed by atoms with Gasteiger partial charge in [-0.3, -0.25) is 0 Å². The normalized spacial score (nSPS) is 10.7. The molecule has 0 atom stereocenters. The summed E-state index contributed by atoms with van der Waals surface area (Å²) in [7, 11) is 0. The van der Waals surface area contributed by atoms with Gasteiger partial charge in [0.25, 0.3) is 0 Å². The third-order valence-corrected chi connectivity index (χ3v) is 3.06. The van der Waals surface area contributed by atoms with Crippen LogP contribution in [0.1, 0.15) is 5.56 Å². The van der Waals surface area contributed by atoms with Crippen LogP contribution in [0.15, 0.2) is 46.9 Å². The van der Waals surface area contributed by atoms with Crippen molar-refractivity contribution in [3.63, 3.8) is 0 Å². The van der Waals surface area contributed by atoms with Gasteiger partial charge in [-0.2, -0.15) is 8.78 Å². The van der Waals surface area contributed by atoms with Gasteiger partial charge in [-0.05, 0) is 35.9 Å². The largest absolute Gasteiger partial charge is 0.435 e. The Kier molecular flexibility index (Phi) is 4.89. The summed E-state index contributed by atoms with van der Waals surface area (Å²) >= 11 is 3.18. The van der Waals surface area contributed by atoms with E-state index in [1.165, 1.54) is 18.2 Å². The lowest BCUT2D eigenvalue weighted by Gasteiger charge is -2.09. The van der Waals surface area contributed by atoms with Gasteiger partial charge >= 0.3 is 6.61 Å². The Morgan fingerprint density at radius 2 is 1.80 bits per heavy atom. The van der Waals surface area contributed by atoms with Gasteiger partial charge in [-0.15, -0.1) is 0 Å². The molecule has 0 saturated carbocycles. The molecule has 0 aliphatic carbocycles. The van der Waals surface area contributed by atoms with Crippen LogP contribution in [0, 0.1) is 5.82 Å². The van der Waals surface area contributed by atoms with Gasteiger partial charge in [-0.1, -0.05) is 28.1 Å². The molecule has 0 aliphatic rings. The van der Waals surface area contributed by atoms with Gasteiger partial charge < -0.3 is 10.1 Å². The van der Waals surface area contributed by atoms with Crippen molar-refractivity contribution in [2.75, 3.05) is 5.32 Å². The molecule has 0 fully saturated rings.